The number of nitro groups is 1. The summed E-state index contributed by atoms with van der Waals surface area (Å²) in [6, 6.07) is 17.0. The van der Waals surface area contributed by atoms with Crippen molar-refractivity contribution in [1.29, 1.82) is 5.26 Å². The van der Waals surface area contributed by atoms with Gasteiger partial charge in [-0.15, -0.1) is 0 Å². The molecule has 0 bridgehead atoms. The fourth-order valence-corrected chi connectivity index (χ4v) is 2.07. The van der Waals surface area contributed by atoms with Crippen LogP contribution in [0.15, 0.2) is 54.6 Å². The van der Waals surface area contributed by atoms with Crippen LogP contribution in [0.2, 0.25) is 0 Å². The molecule has 0 aliphatic carbocycles. The third-order valence-corrected chi connectivity index (χ3v) is 3.13. The van der Waals surface area contributed by atoms with Crippen molar-refractivity contribution in [2.45, 2.75) is 5.60 Å². The quantitative estimate of drug-likeness (QED) is 0.631. The van der Waals surface area contributed by atoms with Crippen molar-refractivity contribution >= 4 is 5.69 Å². The molecule has 0 N–H and O–H groups in total. The van der Waals surface area contributed by atoms with Gasteiger partial charge in [-0.3, -0.25) is 10.1 Å². The fraction of sp³-hybridized carbons (Fsp3) is 0.133. The minimum atomic E-state index is -1.27. The number of nitro benzene ring substituents is 1. The lowest BCUT2D eigenvalue weighted by atomic mass is 9.87. The molecule has 0 radical (unpaired) electrons. The summed E-state index contributed by atoms with van der Waals surface area (Å²) < 4.78 is 5.43. The van der Waals surface area contributed by atoms with Crippen molar-refractivity contribution in [2.24, 2.45) is 0 Å². The number of nitrogens with zero attached hydrogens (tertiary/aromatic N) is 2. The highest BCUT2D eigenvalue weighted by Gasteiger charge is 2.34. The summed E-state index contributed by atoms with van der Waals surface area (Å²) in [5.74, 6) is 0. The number of methoxy groups -OCH3 is 1. The first kappa shape index (κ1) is 13.7. The molecule has 0 aliphatic rings. The molecule has 0 heterocycles. The van der Waals surface area contributed by atoms with Gasteiger partial charge >= 0.3 is 0 Å². The summed E-state index contributed by atoms with van der Waals surface area (Å²) in [6.07, 6.45) is 0. The first-order chi connectivity index (χ1) is 9.64. The largest absolute Gasteiger partial charge is 0.355 e. The molecule has 5 heteroatoms. The van der Waals surface area contributed by atoms with Crippen LogP contribution < -0.4 is 0 Å². The highest BCUT2D eigenvalue weighted by Crippen LogP contribution is 2.33. The third-order valence-electron chi connectivity index (χ3n) is 3.13. The molecule has 0 aromatic heterocycles. The van der Waals surface area contributed by atoms with E-state index in [0.29, 0.717) is 11.1 Å². The Labute approximate surface area is 116 Å². The Bertz CT molecular complexity index is 647. The number of rotatable bonds is 4. The Kier molecular flexibility index (Phi) is 3.78. The van der Waals surface area contributed by atoms with E-state index < -0.39 is 10.5 Å². The number of hydrogen-bond donors (Lipinski definition) is 0. The number of ether oxygens (including phenoxy) is 1. The van der Waals surface area contributed by atoms with E-state index in [-0.39, 0.29) is 5.69 Å². The lowest BCUT2D eigenvalue weighted by Gasteiger charge is -2.25. The monoisotopic (exact) mass is 268 g/mol. The maximum absolute atomic E-state index is 10.7. The van der Waals surface area contributed by atoms with Crippen LogP contribution >= 0.6 is 0 Å². The standard InChI is InChI=1S/C15H12N2O3/c1-20-15(11-16,12-5-3-2-4-6-12)13-7-9-14(10-8-13)17(18)19/h2-10H,1H3. The number of nitriles is 1. The summed E-state index contributed by atoms with van der Waals surface area (Å²) >= 11 is 0. The topological polar surface area (TPSA) is 76.2 Å². The first-order valence-corrected chi connectivity index (χ1v) is 5.91. The Morgan fingerprint density at radius 1 is 1.10 bits per heavy atom. The molecule has 5 nitrogen and oxygen atoms in total. The molecule has 0 aliphatic heterocycles. The van der Waals surface area contributed by atoms with E-state index in [1.165, 1.54) is 31.4 Å². The van der Waals surface area contributed by atoms with Crippen molar-refractivity contribution in [3.8, 4) is 6.07 Å². The summed E-state index contributed by atoms with van der Waals surface area (Å²) in [6.45, 7) is 0. The van der Waals surface area contributed by atoms with Gasteiger partial charge in [-0.1, -0.05) is 30.3 Å². The van der Waals surface area contributed by atoms with Gasteiger partial charge in [-0.25, -0.2) is 0 Å². The fourth-order valence-electron chi connectivity index (χ4n) is 2.07. The Morgan fingerprint density at radius 2 is 1.65 bits per heavy atom. The Morgan fingerprint density at radius 3 is 2.10 bits per heavy atom. The molecular weight excluding hydrogens is 256 g/mol. The van der Waals surface area contributed by atoms with Gasteiger partial charge in [0.15, 0.2) is 0 Å². The molecule has 2 aromatic rings. The molecule has 0 saturated carbocycles. The van der Waals surface area contributed by atoms with Crippen LogP contribution in [0.25, 0.3) is 0 Å². The molecule has 0 amide bonds. The van der Waals surface area contributed by atoms with Gasteiger partial charge in [0.05, 0.1) is 4.92 Å². The summed E-state index contributed by atoms with van der Waals surface area (Å²) in [4.78, 5) is 10.2. The second-order valence-corrected chi connectivity index (χ2v) is 4.17. The van der Waals surface area contributed by atoms with Gasteiger partial charge in [0, 0.05) is 30.4 Å². The molecular formula is C15H12N2O3. The average molecular weight is 268 g/mol. The zero-order chi connectivity index (χ0) is 14.6. The Balaban J connectivity index is 2.54. The predicted molar refractivity (Wildman–Crippen MR) is 72.9 cm³/mol. The van der Waals surface area contributed by atoms with E-state index in [9.17, 15) is 15.4 Å². The van der Waals surface area contributed by atoms with Gasteiger partial charge in [0.1, 0.15) is 6.07 Å². The highest BCUT2D eigenvalue weighted by molar-refractivity contribution is 5.45. The second-order valence-electron chi connectivity index (χ2n) is 4.17. The van der Waals surface area contributed by atoms with Crippen molar-refractivity contribution < 1.29 is 9.66 Å². The van der Waals surface area contributed by atoms with E-state index in [4.69, 9.17) is 4.74 Å². The maximum Gasteiger partial charge on any atom is 0.269 e. The molecule has 0 fully saturated rings. The molecule has 100 valence electrons. The van der Waals surface area contributed by atoms with Crippen molar-refractivity contribution in [3.63, 3.8) is 0 Å². The average Bonchev–Trinajstić information content (AvgIpc) is 2.51. The van der Waals surface area contributed by atoms with Crippen molar-refractivity contribution in [3.05, 3.63) is 75.8 Å². The van der Waals surface area contributed by atoms with Crippen molar-refractivity contribution in [1.82, 2.24) is 0 Å². The van der Waals surface area contributed by atoms with E-state index in [1.54, 1.807) is 12.1 Å². The minimum absolute atomic E-state index is 0.0234. The zero-order valence-corrected chi connectivity index (χ0v) is 10.8. The molecule has 2 aromatic carbocycles. The van der Waals surface area contributed by atoms with Gasteiger partial charge < -0.3 is 4.74 Å². The number of non-ortho nitro benzene ring substituents is 1. The van der Waals surface area contributed by atoms with Crippen LogP contribution in [0, 0.1) is 21.4 Å². The number of hydrogen-bond acceptors (Lipinski definition) is 4. The normalized spacial score (nSPS) is 13.2. The van der Waals surface area contributed by atoms with Crippen LogP contribution in [-0.4, -0.2) is 12.0 Å². The van der Waals surface area contributed by atoms with Gasteiger partial charge in [-0.2, -0.15) is 5.26 Å². The molecule has 0 spiro atoms. The first-order valence-electron chi connectivity index (χ1n) is 5.91. The van der Waals surface area contributed by atoms with Crippen LogP contribution in [0.5, 0.6) is 0 Å². The smallest absolute Gasteiger partial charge is 0.269 e. The van der Waals surface area contributed by atoms with E-state index in [0.717, 1.165) is 0 Å². The van der Waals surface area contributed by atoms with Crippen LogP contribution in [-0.2, 0) is 10.3 Å². The lowest BCUT2D eigenvalue weighted by molar-refractivity contribution is -0.384. The zero-order valence-electron chi connectivity index (χ0n) is 10.8. The van der Waals surface area contributed by atoms with Gasteiger partial charge in [-0.05, 0) is 12.1 Å². The molecule has 0 saturated heterocycles. The van der Waals surface area contributed by atoms with E-state index >= 15 is 0 Å². The molecule has 1 unspecified atom stereocenters. The summed E-state index contributed by atoms with van der Waals surface area (Å²) in [7, 11) is 1.44. The van der Waals surface area contributed by atoms with E-state index in [1.807, 2.05) is 18.2 Å². The van der Waals surface area contributed by atoms with Crippen LogP contribution in [0.4, 0.5) is 5.69 Å². The summed E-state index contributed by atoms with van der Waals surface area (Å²) in [5.41, 5.74) is -0.0564. The Hall–Kier alpha value is -2.71. The number of benzene rings is 2. The molecule has 20 heavy (non-hydrogen) atoms. The molecule has 2 rings (SSSR count). The summed E-state index contributed by atoms with van der Waals surface area (Å²) in [5, 5.41) is 20.2. The van der Waals surface area contributed by atoms with Gasteiger partial charge in [0.2, 0.25) is 5.60 Å². The van der Waals surface area contributed by atoms with Gasteiger partial charge in [0.25, 0.3) is 5.69 Å². The maximum atomic E-state index is 10.7. The predicted octanol–water partition coefficient (Wildman–Crippen LogP) is 3.01. The van der Waals surface area contributed by atoms with Crippen LogP contribution in [0.1, 0.15) is 11.1 Å². The second kappa shape index (κ2) is 5.51. The van der Waals surface area contributed by atoms with Crippen molar-refractivity contribution in [2.75, 3.05) is 7.11 Å². The van der Waals surface area contributed by atoms with E-state index in [2.05, 4.69) is 6.07 Å². The molecule has 1 atom stereocenters. The highest BCUT2D eigenvalue weighted by atomic mass is 16.6. The third kappa shape index (κ3) is 2.25. The minimum Gasteiger partial charge on any atom is -0.355 e. The van der Waals surface area contributed by atoms with Crippen LogP contribution in [0.3, 0.4) is 0 Å². The SMILES string of the molecule is COC(C#N)(c1ccccc1)c1ccc([N+](=O)[O-])cc1. The lowest BCUT2D eigenvalue weighted by Crippen LogP contribution is -2.28.